The van der Waals surface area contributed by atoms with Crippen LogP contribution >= 0.6 is 11.6 Å². The molecule has 1 aromatic heterocycles. The summed E-state index contributed by atoms with van der Waals surface area (Å²) in [7, 11) is -3.68. The fraction of sp³-hybridized carbons (Fsp3) is 0.667. The molecule has 2 rings (SSSR count). The predicted octanol–water partition coefficient (Wildman–Crippen LogP) is 2.69. The molecule has 0 unspecified atom stereocenters. The van der Waals surface area contributed by atoms with Gasteiger partial charge in [0.15, 0.2) is 14.9 Å². The van der Waals surface area contributed by atoms with Crippen LogP contribution in [0.1, 0.15) is 40.0 Å². The highest BCUT2D eigenvalue weighted by molar-refractivity contribution is 7.91. The van der Waals surface area contributed by atoms with Crippen LogP contribution in [0.3, 0.4) is 0 Å². The Labute approximate surface area is 147 Å². The fourth-order valence-corrected chi connectivity index (χ4v) is 4.30. The third-order valence-electron chi connectivity index (χ3n) is 3.59. The summed E-state index contributed by atoms with van der Waals surface area (Å²) in [6, 6.07) is 0.782. The summed E-state index contributed by atoms with van der Waals surface area (Å²) in [6.45, 7) is 5.83. The highest BCUT2D eigenvalue weighted by Gasteiger charge is 2.34. The number of amides is 1. The van der Waals surface area contributed by atoms with Crippen molar-refractivity contribution < 1.29 is 17.9 Å². The summed E-state index contributed by atoms with van der Waals surface area (Å²) in [5.41, 5.74) is -0.627. The summed E-state index contributed by atoms with van der Waals surface area (Å²) >= 11 is 5.75. The van der Waals surface area contributed by atoms with Crippen molar-refractivity contribution in [3.63, 3.8) is 0 Å². The summed E-state index contributed by atoms with van der Waals surface area (Å²) in [5, 5.41) is -0.0616. The summed E-state index contributed by atoms with van der Waals surface area (Å²) in [4.78, 5) is 21.3. The molecule has 0 saturated carbocycles. The number of likely N-dealkylation sites (tertiary alicyclic amines) is 1. The number of hydrogen-bond acceptors (Lipinski definition) is 6. The van der Waals surface area contributed by atoms with Crippen LogP contribution in [0.5, 0.6) is 0 Å². The van der Waals surface area contributed by atoms with Crippen molar-refractivity contribution in [2.24, 2.45) is 0 Å². The summed E-state index contributed by atoms with van der Waals surface area (Å²) < 4.78 is 30.5. The van der Waals surface area contributed by atoms with Gasteiger partial charge in [0.1, 0.15) is 17.1 Å². The molecule has 0 spiro atoms. The normalized spacial score (nSPS) is 19.2. The second-order valence-corrected chi connectivity index (χ2v) is 9.15. The molecular formula is C15H22ClN3O4S. The first-order chi connectivity index (χ1) is 11.1. The second kappa shape index (κ2) is 7.23. The summed E-state index contributed by atoms with van der Waals surface area (Å²) in [5.74, 6) is -0.209. The van der Waals surface area contributed by atoms with Crippen LogP contribution in [0, 0.1) is 0 Å². The molecule has 2 heterocycles. The molecule has 0 bridgehead atoms. The molecule has 1 aliphatic heterocycles. The standard InChI is InChI=1S/C15H22ClN3O4S/c1-15(2,3)23-14(20)19-7-5-4-6-11(19)9-24(21,22)13-8-12(16)17-10-18-13/h8,10-11H,4-7,9H2,1-3H3/t11-/m1/s1. The topological polar surface area (TPSA) is 89.5 Å². The monoisotopic (exact) mass is 375 g/mol. The van der Waals surface area contributed by atoms with Gasteiger partial charge in [-0.1, -0.05) is 11.6 Å². The van der Waals surface area contributed by atoms with Crippen molar-refractivity contribution in [1.82, 2.24) is 14.9 Å². The van der Waals surface area contributed by atoms with Crippen LogP contribution < -0.4 is 0 Å². The van der Waals surface area contributed by atoms with Crippen LogP contribution in [0.25, 0.3) is 0 Å². The number of piperidine rings is 1. The van der Waals surface area contributed by atoms with Crippen LogP contribution in [-0.2, 0) is 14.6 Å². The van der Waals surface area contributed by atoms with E-state index in [1.807, 2.05) is 0 Å². The van der Waals surface area contributed by atoms with E-state index in [0.717, 1.165) is 19.2 Å². The van der Waals surface area contributed by atoms with Crippen LogP contribution in [0.4, 0.5) is 4.79 Å². The molecular weight excluding hydrogens is 354 g/mol. The van der Waals surface area contributed by atoms with Gasteiger partial charge in [-0.2, -0.15) is 0 Å². The van der Waals surface area contributed by atoms with Crippen molar-refractivity contribution in [3.8, 4) is 0 Å². The molecule has 0 radical (unpaired) electrons. The quantitative estimate of drug-likeness (QED) is 0.754. The molecule has 1 fully saturated rings. The maximum atomic E-state index is 12.6. The molecule has 1 saturated heterocycles. The van der Waals surface area contributed by atoms with Gasteiger partial charge in [0.05, 0.1) is 5.75 Å². The molecule has 1 aliphatic rings. The van der Waals surface area contributed by atoms with Crippen molar-refractivity contribution in [3.05, 3.63) is 17.5 Å². The maximum absolute atomic E-state index is 12.6. The Kier molecular flexibility index (Phi) is 5.70. The number of sulfone groups is 1. The minimum absolute atomic E-state index is 0.0659. The van der Waals surface area contributed by atoms with Crippen LogP contribution in [0.2, 0.25) is 5.15 Å². The van der Waals surface area contributed by atoms with Gasteiger partial charge < -0.3 is 9.64 Å². The molecule has 0 N–H and O–H groups in total. The minimum atomic E-state index is -3.68. The average molecular weight is 376 g/mol. The van der Waals surface area contributed by atoms with E-state index in [4.69, 9.17) is 16.3 Å². The zero-order chi connectivity index (χ0) is 18.0. The number of hydrogen-bond donors (Lipinski definition) is 0. The first-order valence-electron chi connectivity index (χ1n) is 7.78. The average Bonchev–Trinajstić information content (AvgIpc) is 2.45. The smallest absolute Gasteiger partial charge is 0.410 e. The van der Waals surface area contributed by atoms with E-state index in [1.54, 1.807) is 20.8 Å². The molecule has 134 valence electrons. The van der Waals surface area contributed by atoms with Gasteiger partial charge in [0, 0.05) is 18.7 Å². The van der Waals surface area contributed by atoms with Crippen molar-refractivity contribution in [1.29, 1.82) is 0 Å². The summed E-state index contributed by atoms with van der Waals surface area (Å²) in [6.07, 6.45) is 2.93. The lowest BCUT2D eigenvalue weighted by Crippen LogP contribution is -2.48. The Morgan fingerprint density at radius 1 is 1.38 bits per heavy atom. The van der Waals surface area contributed by atoms with E-state index in [2.05, 4.69) is 9.97 Å². The van der Waals surface area contributed by atoms with E-state index < -0.39 is 27.6 Å². The predicted molar refractivity (Wildman–Crippen MR) is 89.7 cm³/mol. The third kappa shape index (κ3) is 5.04. The van der Waals surface area contributed by atoms with Gasteiger partial charge in [-0.3, -0.25) is 0 Å². The highest BCUT2D eigenvalue weighted by atomic mass is 35.5. The lowest BCUT2D eigenvalue weighted by Gasteiger charge is -2.36. The number of carbonyl (C=O) groups excluding carboxylic acids is 1. The van der Waals surface area contributed by atoms with Gasteiger partial charge in [0.2, 0.25) is 0 Å². The number of carbonyl (C=O) groups is 1. The van der Waals surface area contributed by atoms with Crippen molar-refractivity contribution in [2.75, 3.05) is 12.3 Å². The molecule has 1 aromatic rings. The van der Waals surface area contributed by atoms with E-state index >= 15 is 0 Å². The third-order valence-corrected chi connectivity index (χ3v) is 5.49. The van der Waals surface area contributed by atoms with Crippen molar-refractivity contribution >= 4 is 27.5 Å². The number of aromatic nitrogens is 2. The Bertz CT molecular complexity index is 703. The maximum Gasteiger partial charge on any atom is 0.410 e. The lowest BCUT2D eigenvalue weighted by molar-refractivity contribution is 0.0124. The van der Waals surface area contributed by atoms with E-state index in [0.29, 0.717) is 13.0 Å². The van der Waals surface area contributed by atoms with Gasteiger partial charge in [0.25, 0.3) is 0 Å². The number of halogens is 1. The highest BCUT2D eigenvalue weighted by Crippen LogP contribution is 2.23. The zero-order valence-corrected chi connectivity index (χ0v) is 15.6. The molecule has 1 amide bonds. The largest absolute Gasteiger partial charge is 0.444 e. The van der Waals surface area contributed by atoms with Crippen molar-refractivity contribution in [2.45, 2.75) is 56.7 Å². The van der Waals surface area contributed by atoms with E-state index in [9.17, 15) is 13.2 Å². The van der Waals surface area contributed by atoms with Gasteiger partial charge in [-0.15, -0.1) is 0 Å². The molecule has 0 aromatic carbocycles. The first kappa shape index (κ1) is 18.9. The molecule has 7 nitrogen and oxygen atoms in total. The molecule has 24 heavy (non-hydrogen) atoms. The molecule has 1 atom stereocenters. The van der Waals surface area contributed by atoms with Gasteiger partial charge in [-0.05, 0) is 40.0 Å². The molecule has 9 heteroatoms. The number of ether oxygens (including phenoxy) is 1. The second-order valence-electron chi connectivity index (χ2n) is 6.78. The van der Waals surface area contributed by atoms with Crippen LogP contribution in [-0.4, -0.2) is 53.3 Å². The Balaban J connectivity index is 2.17. The van der Waals surface area contributed by atoms with E-state index in [-0.39, 0.29) is 15.9 Å². The SMILES string of the molecule is CC(C)(C)OC(=O)N1CCCC[C@@H]1CS(=O)(=O)c1cc(Cl)ncn1. The molecule has 0 aliphatic carbocycles. The van der Waals surface area contributed by atoms with Crippen LogP contribution in [0.15, 0.2) is 17.4 Å². The number of nitrogens with zero attached hydrogens (tertiary/aromatic N) is 3. The first-order valence-corrected chi connectivity index (χ1v) is 9.81. The zero-order valence-electron chi connectivity index (χ0n) is 14.0. The number of rotatable bonds is 3. The Morgan fingerprint density at radius 3 is 2.71 bits per heavy atom. The van der Waals surface area contributed by atoms with E-state index in [1.165, 1.54) is 11.0 Å². The van der Waals surface area contributed by atoms with Gasteiger partial charge >= 0.3 is 6.09 Å². The fourth-order valence-electron chi connectivity index (χ4n) is 2.56. The lowest BCUT2D eigenvalue weighted by atomic mass is 10.0. The minimum Gasteiger partial charge on any atom is -0.444 e. The van der Waals surface area contributed by atoms with Gasteiger partial charge in [-0.25, -0.2) is 23.2 Å². The Hall–Kier alpha value is -1.41. The Morgan fingerprint density at radius 2 is 2.08 bits per heavy atom.